The Labute approximate surface area is 287 Å². The van der Waals surface area contributed by atoms with E-state index in [0.717, 1.165) is 29.0 Å². The van der Waals surface area contributed by atoms with E-state index in [1.807, 2.05) is 6.92 Å². The van der Waals surface area contributed by atoms with Crippen molar-refractivity contribution in [1.82, 2.24) is 20.8 Å². The number of ether oxygens (including phenoxy) is 5. The molecule has 47 heavy (non-hydrogen) atoms. The zero-order valence-corrected chi connectivity index (χ0v) is 29.2. The highest BCUT2D eigenvalue weighted by Gasteiger charge is 2.42. The van der Waals surface area contributed by atoms with Crippen LogP contribution in [0.1, 0.15) is 40.0 Å². The van der Waals surface area contributed by atoms with Crippen LogP contribution >= 0.6 is 35.3 Å². The molecular weight excluding hydrogens is 673 g/mol. The van der Waals surface area contributed by atoms with Crippen molar-refractivity contribution >= 4 is 65.4 Å². The summed E-state index contributed by atoms with van der Waals surface area (Å²) < 4.78 is 27.6. The zero-order valence-electron chi connectivity index (χ0n) is 26.8. The number of H-pyrrole nitrogens is 1. The normalized spacial score (nSPS) is 18.5. The maximum Gasteiger partial charge on any atom is 0.407 e. The number of alkyl carbamates (subject to hydrolysis) is 2. The Kier molecular flexibility index (Phi) is 15.6. The van der Waals surface area contributed by atoms with E-state index in [1.165, 1.54) is 23.1 Å². The molecule has 0 spiro atoms. The molecule has 3 N–H and O–H groups in total. The smallest absolute Gasteiger partial charge is 0.407 e. The number of aromatic nitrogens is 2. The topological polar surface area (TPSA) is 184 Å². The molecule has 2 unspecified atom stereocenters. The monoisotopic (exact) mass is 714 g/mol. The molecule has 0 radical (unpaired) electrons. The first-order valence-electron chi connectivity index (χ1n) is 14.5. The van der Waals surface area contributed by atoms with Crippen molar-refractivity contribution in [3.63, 3.8) is 0 Å². The first-order valence-corrected chi connectivity index (χ1v) is 16.7. The number of rotatable bonds is 18. The van der Waals surface area contributed by atoms with Gasteiger partial charge in [0.1, 0.15) is 38.4 Å². The third-order valence-corrected chi connectivity index (χ3v) is 9.15. The second-order valence-electron chi connectivity index (χ2n) is 12.1. The molecule has 1 heterocycles. The van der Waals surface area contributed by atoms with E-state index < -0.39 is 67.4 Å². The minimum absolute atomic E-state index is 0.163. The van der Waals surface area contributed by atoms with Crippen LogP contribution in [0.2, 0.25) is 0 Å². The van der Waals surface area contributed by atoms with Gasteiger partial charge >= 0.3 is 30.1 Å². The van der Waals surface area contributed by atoms with Gasteiger partial charge in [0.05, 0.1) is 0 Å². The summed E-state index contributed by atoms with van der Waals surface area (Å²) in [5, 5.41) is 12.5. The minimum Gasteiger partial charge on any atom is -0.462 e. The first-order chi connectivity index (χ1) is 22.1. The Morgan fingerprint density at radius 1 is 0.936 bits per heavy atom. The molecule has 1 aliphatic rings. The fourth-order valence-electron chi connectivity index (χ4n) is 5.27. The van der Waals surface area contributed by atoms with Crippen LogP contribution in [0, 0.1) is 20.2 Å². The van der Waals surface area contributed by atoms with E-state index in [9.17, 15) is 24.0 Å². The lowest BCUT2D eigenvalue weighted by Crippen LogP contribution is -2.51. The number of thioether (sulfide) groups is 1. The van der Waals surface area contributed by atoms with E-state index in [0.29, 0.717) is 22.5 Å². The molecule has 1 aromatic heterocycles. The Balaban J connectivity index is 1.99. The molecule has 17 heteroatoms. The first kappa shape index (κ1) is 39.5. The van der Waals surface area contributed by atoms with Gasteiger partial charge in [0.25, 0.3) is 0 Å². The van der Waals surface area contributed by atoms with E-state index in [4.69, 9.17) is 35.9 Å². The lowest BCUT2D eigenvalue weighted by Gasteiger charge is -2.46. The number of aromatic amines is 1. The predicted octanol–water partition coefficient (Wildman–Crippen LogP) is 4.50. The average molecular weight is 715 g/mol. The molecule has 1 fully saturated rings. The van der Waals surface area contributed by atoms with Crippen LogP contribution in [0.15, 0.2) is 42.3 Å². The van der Waals surface area contributed by atoms with Gasteiger partial charge in [-0.2, -0.15) is 5.10 Å². The molecule has 14 nitrogen and oxygen atoms in total. The van der Waals surface area contributed by atoms with Gasteiger partial charge in [0.15, 0.2) is 8.29 Å². The Bertz CT molecular complexity index is 1300. The second kappa shape index (κ2) is 18.6. The predicted molar refractivity (Wildman–Crippen MR) is 177 cm³/mol. The van der Waals surface area contributed by atoms with Crippen molar-refractivity contribution in [3.05, 3.63) is 41.9 Å². The number of amides is 2. The molecule has 0 saturated heterocycles. The van der Waals surface area contributed by atoms with E-state index in [2.05, 4.69) is 54.4 Å². The van der Waals surface area contributed by atoms with Crippen LogP contribution in [-0.4, -0.2) is 91.7 Å². The maximum absolute atomic E-state index is 12.9. The maximum atomic E-state index is 12.9. The van der Waals surface area contributed by atoms with Gasteiger partial charge in [-0.3, -0.25) is 5.10 Å². The Morgan fingerprint density at radius 2 is 1.49 bits per heavy atom. The van der Waals surface area contributed by atoms with Crippen LogP contribution in [0.3, 0.4) is 0 Å². The van der Waals surface area contributed by atoms with Crippen molar-refractivity contribution in [2.24, 2.45) is 16.2 Å². The van der Waals surface area contributed by atoms with Crippen LogP contribution in [0.4, 0.5) is 9.59 Å². The third-order valence-electron chi connectivity index (χ3n) is 6.96. The van der Waals surface area contributed by atoms with Crippen molar-refractivity contribution in [3.8, 4) is 0 Å². The van der Waals surface area contributed by atoms with Crippen LogP contribution in [0.25, 0.3) is 0 Å². The van der Waals surface area contributed by atoms with E-state index in [1.54, 1.807) is 0 Å². The third kappa shape index (κ3) is 14.7. The summed E-state index contributed by atoms with van der Waals surface area (Å²) in [4.78, 5) is 60.9. The van der Waals surface area contributed by atoms with Crippen molar-refractivity contribution < 1.29 is 47.7 Å². The zero-order chi connectivity index (χ0) is 35.1. The number of nitrogens with one attached hydrogen (secondary N) is 3. The van der Waals surface area contributed by atoms with Crippen molar-refractivity contribution in [2.45, 2.75) is 50.4 Å². The average Bonchev–Trinajstić information content (AvgIpc) is 3.44. The molecule has 2 atom stereocenters. The fourth-order valence-corrected chi connectivity index (χ4v) is 7.24. The van der Waals surface area contributed by atoms with Crippen LogP contribution in [-0.2, 0) is 38.1 Å². The summed E-state index contributed by atoms with van der Waals surface area (Å²) in [6.07, 6.45) is 3.48. The second-order valence-corrected chi connectivity index (χ2v) is 15.1. The van der Waals surface area contributed by atoms with Crippen molar-refractivity contribution in [1.29, 1.82) is 0 Å². The summed E-state index contributed by atoms with van der Waals surface area (Å²) in [6.45, 7) is 14.8. The molecule has 0 bridgehead atoms. The largest absolute Gasteiger partial charge is 0.462 e. The highest BCUT2D eigenvalue weighted by molar-refractivity contribution is 8.01. The van der Waals surface area contributed by atoms with Crippen LogP contribution < -0.4 is 10.6 Å². The molecule has 1 saturated carbocycles. The number of carbonyl (C=O) groups is 5. The van der Waals surface area contributed by atoms with Gasteiger partial charge in [0, 0.05) is 36.6 Å². The fraction of sp³-hybridized carbons (Fsp3) is 0.567. The molecule has 0 aromatic carbocycles. The summed E-state index contributed by atoms with van der Waals surface area (Å²) in [7, 11) is 0. The minimum atomic E-state index is -1.45. The van der Waals surface area contributed by atoms with Gasteiger partial charge in [-0.25, -0.2) is 24.0 Å². The lowest BCUT2D eigenvalue weighted by molar-refractivity contribution is -0.159. The summed E-state index contributed by atoms with van der Waals surface area (Å²) >= 11 is 7.80. The molecule has 2 amide bonds. The molecular formula is C30H42N4O10S3. The number of hydrogen-bond donors (Lipinski definition) is 3. The molecule has 0 aliphatic heterocycles. The van der Waals surface area contributed by atoms with Gasteiger partial charge in [-0.1, -0.05) is 63.6 Å². The number of esters is 3. The quantitative estimate of drug-likeness (QED) is 0.0483. The van der Waals surface area contributed by atoms with Gasteiger partial charge in [-0.15, -0.1) is 0 Å². The van der Waals surface area contributed by atoms with Crippen LogP contribution in [0.5, 0.6) is 0 Å². The van der Waals surface area contributed by atoms with Gasteiger partial charge in [-0.05, 0) is 42.3 Å². The van der Waals surface area contributed by atoms with Gasteiger partial charge < -0.3 is 34.3 Å². The lowest BCUT2D eigenvalue weighted by atomic mass is 9.62. The number of nitrogens with zero attached hydrogens (tertiary/aromatic N) is 1. The molecule has 1 aliphatic carbocycles. The van der Waals surface area contributed by atoms with E-state index in [-0.39, 0.29) is 24.6 Å². The Hall–Kier alpha value is -3.70. The standard InChI is InChI=1S/C30H42N4O10S3/c1-7-21(35)41-16-30(17-42-22(36)8-2,18-43-23(37)9-3)19-44-24(38)31-15-29(6)13-20(12-28(4,5)14-29)32-25(39)40-10-11-46-27-34-33-26(45)47-27/h7-9,20H,1-3,10-19H2,4-6H3,(H,31,38)(H,32,39)(H,33,45). The molecule has 2 rings (SSSR count). The highest BCUT2D eigenvalue weighted by atomic mass is 32.2. The molecule has 260 valence electrons. The van der Waals surface area contributed by atoms with Gasteiger partial charge in [0.2, 0.25) is 0 Å². The SMILES string of the molecule is C=CC(=O)OCC(COC(=O)C=C)(COC(=O)C=C)COC(=O)NCC1(C)CC(NC(=O)OCCSc2n[nH]c(=S)s2)CC(C)(C)C1. The number of hydrogen-bond acceptors (Lipinski definition) is 14. The summed E-state index contributed by atoms with van der Waals surface area (Å²) in [6, 6.07) is -0.204. The highest BCUT2D eigenvalue weighted by Crippen LogP contribution is 2.45. The van der Waals surface area contributed by atoms with Crippen molar-refractivity contribution in [2.75, 3.05) is 45.3 Å². The summed E-state index contributed by atoms with van der Waals surface area (Å²) in [5.41, 5.74) is -2.04. The Morgan fingerprint density at radius 3 is 2.00 bits per heavy atom. The number of carbonyl (C=O) groups excluding carboxylic acids is 5. The molecule has 1 aromatic rings. The summed E-state index contributed by atoms with van der Waals surface area (Å²) in [5.74, 6) is -1.84. The van der Waals surface area contributed by atoms with E-state index >= 15 is 0 Å².